The van der Waals surface area contributed by atoms with Crippen molar-refractivity contribution >= 4 is 18.7 Å². The van der Waals surface area contributed by atoms with E-state index in [0.717, 1.165) is 16.9 Å². The van der Waals surface area contributed by atoms with Crippen LogP contribution in [0.15, 0.2) is 115 Å². The van der Waals surface area contributed by atoms with Crippen LogP contribution < -0.4 is 15.1 Å². The van der Waals surface area contributed by atoms with Crippen molar-refractivity contribution in [3.8, 4) is 5.75 Å². The molecule has 0 heterocycles. The minimum Gasteiger partial charge on any atom is -0.497 e. The number of benzene rings is 4. The third kappa shape index (κ3) is 8.18. The molecule has 6 heteroatoms. The van der Waals surface area contributed by atoms with Gasteiger partial charge < -0.3 is 23.7 Å². The minimum atomic E-state index is -2.80. The molecule has 0 saturated carbocycles. The quantitative estimate of drug-likeness (QED) is 0.135. The molecule has 0 bridgehead atoms. The third-order valence-electron chi connectivity index (χ3n) is 7.60. The van der Waals surface area contributed by atoms with Gasteiger partial charge in [-0.05, 0) is 45.1 Å². The molecular weight excluding hydrogens is 540 g/mol. The van der Waals surface area contributed by atoms with Gasteiger partial charge in [0.1, 0.15) is 11.9 Å². The van der Waals surface area contributed by atoms with Crippen LogP contribution in [-0.4, -0.2) is 46.0 Å². The maximum atomic E-state index is 11.6. The first-order valence-corrected chi connectivity index (χ1v) is 16.5. The molecule has 5 nitrogen and oxygen atoms in total. The van der Waals surface area contributed by atoms with Crippen molar-refractivity contribution in [1.29, 1.82) is 0 Å². The zero-order valence-corrected chi connectivity index (χ0v) is 26.2. The molecule has 42 heavy (non-hydrogen) atoms. The largest absolute Gasteiger partial charge is 0.497 e. The van der Waals surface area contributed by atoms with Crippen molar-refractivity contribution in [2.75, 3.05) is 20.3 Å². The van der Waals surface area contributed by atoms with Crippen LogP contribution in [-0.2, 0) is 27.1 Å². The Morgan fingerprint density at radius 3 is 1.74 bits per heavy atom. The van der Waals surface area contributed by atoms with Crippen LogP contribution >= 0.6 is 0 Å². The molecule has 0 radical (unpaired) electrons. The zero-order chi connectivity index (χ0) is 29.8. The van der Waals surface area contributed by atoms with Gasteiger partial charge in [0.15, 0.2) is 0 Å². The summed E-state index contributed by atoms with van der Waals surface area (Å²) in [6, 6.07) is 38.8. The summed E-state index contributed by atoms with van der Waals surface area (Å²) < 4.78 is 24.6. The Bertz CT molecular complexity index is 1270. The van der Waals surface area contributed by atoms with Gasteiger partial charge in [-0.1, -0.05) is 124 Å². The SMILES string of the molecule is COc1ccc(CO[C@@H](CCOCc2ccccc2)[C@H](O)CO[Si](c2ccccc2)(c2ccccc2)C(C)(C)C)cc1. The number of aliphatic hydroxyl groups is 1. The first-order chi connectivity index (χ1) is 20.3. The van der Waals surface area contributed by atoms with Crippen LogP contribution in [0.4, 0.5) is 0 Å². The lowest BCUT2D eigenvalue weighted by molar-refractivity contribution is -0.0758. The third-order valence-corrected chi connectivity index (χ3v) is 12.6. The van der Waals surface area contributed by atoms with Crippen LogP contribution in [0.5, 0.6) is 5.75 Å². The van der Waals surface area contributed by atoms with Gasteiger partial charge in [-0.15, -0.1) is 0 Å². The molecule has 2 atom stereocenters. The first kappa shape index (κ1) is 31.7. The van der Waals surface area contributed by atoms with E-state index in [2.05, 4.69) is 69.3 Å². The molecule has 0 saturated heterocycles. The lowest BCUT2D eigenvalue weighted by Gasteiger charge is -2.43. The summed E-state index contributed by atoms with van der Waals surface area (Å²) in [6.07, 6.45) is -0.778. The number of aliphatic hydroxyl groups excluding tert-OH is 1. The van der Waals surface area contributed by atoms with Crippen LogP contribution in [0, 0.1) is 0 Å². The Hall–Kier alpha value is -3.26. The second kappa shape index (κ2) is 15.3. The predicted molar refractivity (Wildman–Crippen MR) is 172 cm³/mol. The van der Waals surface area contributed by atoms with Gasteiger partial charge in [0, 0.05) is 6.61 Å². The van der Waals surface area contributed by atoms with Crippen molar-refractivity contribution in [3.63, 3.8) is 0 Å². The molecule has 0 aromatic heterocycles. The zero-order valence-electron chi connectivity index (χ0n) is 25.2. The van der Waals surface area contributed by atoms with E-state index in [1.54, 1.807) is 7.11 Å². The molecule has 4 rings (SSSR count). The summed E-state index contributed by atoms with van der Waals surface area (Å²) in [6.45, 7) is 8.20. The maximum Gasteiger partial charge on any atom is 0.261 e. The number of rotatable bonds is 15. The highest BCUT2D eigenvalue weighted by molar-refractivity contribution is 6.99. The number of ether oxygens (including phenoxy) is 3. The predicted octanol–water partition coefficient (Wildman–Crippen LogP) is 6.12. The number of methoxy groups -OCH3 is 1. The highest BCUT2D eigenvalue weighted by Crippen LogP contribution is 2.37. The summed E-state index contributed by atoms with van der Waals surface area (Å²) in [5, 5.41) is 13.8. The maximum absolute atomic E-state index is 11.6. The molecule has 0 aliphatic carbocycles. The van der Waals surface area contributed by atoms with Crippen molar-refractivity contribution in [2.45, 2.75) is 57.7 Å². The Morgan fingerprint density at radius 2 is 1.21 bits per heavy atom. The number of hydrogen-bond acceptors (Lipinski definition) is 5. The fourth-order valence-corrected chi connectivity index (χ4v) is 9.93. The van der Waals surface area contributed by atoms with E-state index in [-0.39, 0.29) is 11.6 Å². The molecule has 1 N–H and O–H groups in total. The van der Waals surface area contributed by atoms with Crippen LogP contribution in [0.2, 0.25) is 5.04 Å². The standard InChI is InChI=1S/C36H44O5Si/c1-36(2,3)42(32-16-10-6-11-17-32,33-18-12-7-13-19-33)41-28-34(37)35(24-25-39-26-29-14-8-5-9-15-29)40-27-30-20-22-31(38-4)23-21-30/h5-23,34-35,37H,24-28H2,1-4H3/t34-,35+/m1/s1. The van der Waals surface area contributed by atoms with Crippen molar-refractivity contribution in [1.82, 2.24) is 0 Å². The molecule has 0 fully saturated rings. The Balaban J connectivity index is 1.52. The van der Waals surface area contributed by atoms with E-state index in [9.17, 15) is 5.11 Å². The lowest BCUT2D eigenvalue weighted by Crippen LogP contribution is -2.67. The lowest BCUT2D eigenvalue weighted by atomic mass is 10.1. The average Bonchev–Trinajstić information content (AvgIpc) is 3.02. The smallest absolute Gasteiger partial charge is 0.261 e. The summed E-state index contributed by atoms with van der Waals surface area (Å²) >= 11 is 0. The van der Waals surface area contributed by atoms with Crippen molar-refractivity contribution < 1.29 is 23.7 Å². The summed E-state index contributed by atoms with van der Waals surface area (Å²) in [4.78, 5) is 0. The van der Waals surface area contributed by atoms with Gasteiger partial charge in [-0.2, -0.15) is 0 Å². The molecule has 0 aliphatic rings. The van der Waals surface area contributed by atoms with E-state index in [4.69, 9.17) is 18.6 Å². The normalized spacial score (nSPS) is 13.5. The highest BCUT2D eigenvalue weighted by atomic mass is 28.4. The molecule has 0 amide bonds. The van der Waals surface area contributed by atoms with Crippen molar-refractivity contribution in [3.05, 3.63) is 126 Å². The topological polar surface area (TPSA) is 57.2 Å². The van der Waals surface area contributed by atoms with Crippen LogP contribution in [0.3, 0.4) is 0 Å². The van der Waals surface area contributed by atoms with Gasteiger partial charge >= 0.3 is 0 Å². The molecule has 4 aromatic rings. The molecule has 0 spiro atoms. The van der Waals surface area contributed by atoms with Crippen LogP contribution in [0.25, 0.3) is 0 Å². The van der Waals surface area contributed by atoms with Gasteiger partial charge in [0.2, 0.25) is 0 Å². The highest BCUT2D eigenvalue weighted by Gasteiger charge is 2.50. The van der Waals surface area contributed by atoms with Gasteiger partial charge in [0.25, 0.3) is 8.32 Å². The Labute approximate surface area is 252 Å². The van der Waals surface area contributed by atoms with E-state index in [1.807, 2.05) is 66.7 Å². The van der Waals surface area contributed by atoms with Gasteiger partial charge in [-0.25, -0.2) is 0 Å². The molecule has 0 aliphatic heterocycles. The van der Waals surface area contributed by atoms with E-state index < -0.39 is 20.5 Å². The minimum absolute atomic E-state index is 0.152. The fourth-order valence-electron chi connectivity index (χ4n) is 5.35. The van der Waals surface area contributed by atoms with E-state index in [1.165, 1.54) is 10.4 Å². The monoisotopic (exact) mass is 584 g/mol. The Kier molecular flexibility index (Phi) is 11.5. The Morgan fingerprint density at radius 1 is 0.690 bits per heavy atom. The van der Waals surface area contributed by atoms with Crippen LogP contribution in [0.1, 0.15) is 38.3 Å². The van der Waals surface area contributed by atoms with E-state index in [0.29, 0.717) is 26.2 Å². The van der Waals surface area contributed by atoms with Gasteiger partial charge in [-0.3, -0.25) is 0 Å². The second-order valence-electron chi connectivity index (χ2n) is 11.6. The van der Waals surface area contributed by atoms with E-state index >= 15 is 0 Å². The van der Waals surface area contributed by atoms with Crippen molar-refractivity contribution in [2.24, 2.45) is 0 Å². The summed E-state index contributed by atoms with van der Waals surface area (Å²) in [5.74, 6) is 0.795. The molecule has 0 unspecified atom stereocenters. The molecule has 4 aromatic carbocycles. The molecule has 222 valence electrons. The second-order valence-corrected chi connectivity index (χ2v) is 15.9. The number of hydrogen-bond donors (Lipinski definition) is 1. The summed E-state index contributed by atoms with van der Waals surface area (Å²) in [5.41, 5.74) is 2.12. The average molecular weight is 585 g/mol. The molecular formula is C36H44O5Si. The summed E-state index contributed by atoms with van der Waals surface area (Å²) in [7, 11) is -1.15. The fraction of sp³-hybridized carbons (Fsp3) is 0.333. The van der Waals surface area contributed by atoms with Gasteiger partial charge in [0.05, 0.1) is 33.0 Å². The first-order valence-electron chi connectivity index (χ1n) is 14.6.